The summed E-state index contributed by atoms with van der Waals surface area (Å²) in [5, 5.41) is -0.638. The number of nitrogens with zero attached hydrogens (tertiary/aromatic N) is 1. The van der Waals surface area contributed by atoms with Gasteiger partial charge in [-0.25, -0.2) is 4.98 Å². The van der Waals surface area contributed by atoms with Gasteiger partial charge in [0.2, 0.25) is 5.88 Å². The van der Waals surface area contributed by atoms with E-state index in [1.54, 1.807) is 6.07 Å². The molecule has 2 aliphatic rings. The van der Waals surface area contributed by atoms with E-state index in [0.29, 0.717) is 19.0 Å². The molecule has 2 fully saturated rings. The Hall–Kier alpha value is -2.09. The minimum atomic E-state index is -4.55. The smallest absolute Gasteiger partial charge is 0.419 e. The van der Waals surface area contributed by atoms with Crippen LogP contribution in [0, 0.1) is 0 Å². The van der Waals surface area contributed by atoms with Crippen LogP contribution < -0.4 is 4.74 Å². The van der Waals surface area contributed by atoms with Crippen molar-refractivity contribution in [1.29, 1.82) is 0 Å². The second-order valence-electron chi connectivity index (χ2n) is 7.07. The predicted molar refractivity (Wildman–Crippen MR) is 102 cm³/mol. The van der Waals surface area contributed by atoms with Crippen LogP contribution in [0.2, 0.25) is 5.15 Å². The minimum Gasteiger partial charge on any atom is -0.439 e. The summed E-state index contributed by atoms with van der Waals surface area (Å²) < 4.78 is 55.5. The van der Waals surface area contributed by atoms with Crippen LogP contribution in [0.25, 0.3) is 6.08 Å². The Bertz CT molecular complexity index is 912. The molecule has 0 bridgehead atoms. The summed E-state index contributed by atoms with van der Waals surface area (Å²) in [6.07, 6.45) is 0.998. The number of hydrogen-bond donors (Lipinski definition) is 0. The highest BCUT2D eigenvalue weighted by atomic mass is 35.5. The number of benzene rings is 1. The van der Waals surface area contributed by atoms with Crippen LogP contribution in [-0.4, -0.2) is 24.0 Å². The van der Waals surface area contributed by atoms with Crippen molar-refractivity contribution in [3.05, 3.63) is 58.3 Å². The normalized spacial score (nSPS) is 18.8. The van der Waals surface area contributed by atoms with Gasteiger partial charge in [0, 0.05) is 18.9 Å². The summed E-state index contributed by atoms with van der Waals surface area (Å²) in [4.78, 5) is 3.70. The van der Waals surface area contributed by atoms with Gasteiger partial charge in [0.1, 0.15) is 10.9 Å². The Kier molecular flexibility index (Phi) is 5.55. The Morgan fingerprint density at radius 2 is 1.79 bits per heavy atom. The Morgan fingerprint density at radius 1 is 1.07 bits per heavy atom. The Labute approximate surface area is 171 Å². The maximum Gasteiger partial charge on any atom is 0.419 e. The second-order valence-corrected chi connectivity index (χ2v) is 7.43. The van der Waals surface area contributed by atoms with Gasteiger partial charge in [0.15, 0.2) is 5.79 Å². The summed E-state index contributed by atoms with van der Waals surface area (Å²) in [5.41, 5.74) is 1.25. The molecule has 2 heterocycles. The first kappa shape index (κ1) is 20.2. The monoisotopic (exact) mass is 425 g/mol. The number of allylic oxidation sites excluding steroid dienone is 1. The molecule has 1 saturated heterocycles. The number of pyridine rings is 1. The Balaban J connectivity index is 1.45. The zero-order valence-electron chi connectivity index (χ0n) is 15.5. The van der Waals surface area contributed by atoms with Crippen molar-refractivity contribution in [3.8, 4) is 11.6 Å². The van der Waals surface area contributed by atoms with Crippen molar-refractivity contribution in [2.75, 3.05) is 13.2 Å². The number of halogens is 4. The van der Waals surface area contributed by atoms with Gasteiger partial charge in [-0.2, -0.15) is 13.2 Å². The molecule has 1 spiro atoms. The third-order valence-electron chi connectivity index (χ3n) is 5.05. The van der Waals surface area contributed by atoms with Crippen molar-refractivity contribution in [2.24, 2.45) is 0 Å². The second kappa shape index (κ2) is 7.97. The molecule has 0 unspecified atom stereocenters. The summed E-state index contributed by atoms with van der Waals surface area (Å²) in [7, 11) is 0. The SMILES string of the molecule is FC(F)(F)c1ccc(Oc2cccc(C=C3CCC4(CC3)OCCO4)c2)nc1Cl. The van der Waals surface area contributed by atoms with Gasteiger partial charge in [0.25, 0.3) is 0 Å². The number of alkyl halides is 3. The average molecular weight is 426 g/mol. The molecule has 0 N–H and O–H groups in total. The fourth-order valence-corrected chi connectivity index (χ4v) is 3.85. The third-order valence-corrected chi connectivity index (χ3v) is 5.34. The average Bonchev–Trinajstić information content (AvgIpc) is 3.11. The lowest BCUT2D eigenvalue weighted by atomic mass is 9.88. The highest BCUT2D eigenvalue weighted by Crippen LogP contribution is 2.39. The van der Waals surface area contributed by atoms with E-state index in [2.05, 4.69) is 11.1 Å². The van der Waals surface area contributed by atoms with E-state index in [4.69, 9.17) is 25.8 Å². The lowest BCUT2D eigenvalue weighted by Crippen LogP contribution is -2.33. The van der Waals surface area contributed by atoms with Crippen LogP contribution >= 0.6 is 11.6 Å². The third kappa shape index (κ3) is 4.74. The van der Waals surface area contributed by atoms with Crippen LogP contribution in [0.5, 0.6) is 11.6 Å². The topological polar surface area (TPSA) is 40.6 Å². The molecule has 4 nitrogen and oxygen atoms in total. The molecule has 8 heteroatoms. The molecule has 0 amide bonds. The van der Waals surface area contributed by atoms with Crippen molar-refractivity contribution >= 4 is 17.7 Å². The number of aromatic nitrogens is 1. The van der Waals surface area contributed by atoms with Gasteiger partial charge in [-0.1, -0.05) is 35.4 Å². The summed E-state index contributed by atoms with van der Waals surface area (Å²) in [5.74, 6) is 0.0656. The van der Waals surface area contributed by atoms with Gasteiger partial charge in [-0.15, -0.1) is 0 Å². The molecule has 2 aromatic rings. The van der Waals surface area contributed by atoms with E-state index in [-0.39, 0.29) is 5.88 Å². The lowest BCUT2D eigenvalue weighted by molar-refractivity contribution is -0.171. The van der Waals surface area contributed by atoms with E-state index in [1.807, 2.05) is 18.2 Å². The molecule has 154 valence electrons. The summed E-state index contributed by atoms with van der Waals surface area (Å²) >= 11 is 5.65. The maximum atomic E-state index is 12.8. The van der Waals surface area contributed by atoms with Gasteiger partial charge >= 0.3 is 6.18 Å². The van der Waals surface area contributed by atoms with Gasteiger partial charge in [-0.3, -0.25) is 0 Å². The van der Waals surface area contributed by atoms with Crippen molar-refractivity contribution < 1.29 is 27.4 Å². The Morgan fingerprint density at radius 3 is 2.45 bits per heavy atom. The summed E-state index contributed by atoms with van der Waals surface area (Å²) in [6.45, 7) is 1.31. The van der Waals surface area contributed by atoms with Crippen molar-refractivity contribution in [2.45, 2.75) is 37.6 Å². The molecule has 0 atom stereocenters. The first-order chi connectivity index (χ1) is 13.8. The molecular weight excluding hydrogens is 407 g/mol. The molecule has 1 aromatic heterocycles. The molecule has 1 saturated carbocycles. The van der Waals surface area contributed by atoms with Crippen LogP contribution in [0.4, 0.5) is 13.2 Å². The van der Waals surface area contributed by atoms with Crippen LogP contribution in [-0.2, 0) is 15.7 Å². The minimum absolute atomic E-state index is 0.00272. The van der Waals surface area contributed by atoms with Crippen LogP contribution in [0.1, 0.15) is 36.8 Å². The molecule has 29 heavy (non-hydrogen) atoms. The van der Waals surface area contributed by atoms with E-state index in [0.717, 1.165) is 43.4 Å². The van der Waals surface area contributed by atoms with E-state index >= 15 is 0 Å². The number of ether oxygens (including phenoxy) is 3. The molecule has 1 aromatic carbocycles. The molecule has 0 radical (unpaired) electrons. The fourth-order valence-electron chi connectivity index (χ4n) is 3.59. The molecular formula is C21H19ClF3NO3. The number of hydrogen-bond acceptors (Lipinski definition) is 4. The van der Waals surface area contributed by atoms with Gasteiger partial charge in [0.05, 0.1) is 18.8 Å². The van der Waals surface area contributed by atoms with E-state index in [1.165, 1.54) is 5.57 Å². The summed E-state index contributed by atoms with van der Waals surface area (Å²) in [6, 6.07) is 9.31. The quantitative estimate of drug-likeness (QED) is 0.545. The zero-order chi connectivity index (χ0) is 20.5. The highest BCUT2D eigenvalue weighted by Gasteiger charge is 2.38. The standard InChI is InChI=1S/C21H19ClF3NO3/c22-19-17(21(23,24)25)4-5-18(26-19)29-16-3-1-2-15(13-16)12-14-6-8-20(9-7-14)27-10-11-28-20/h1-5,12-13H,6-11H2. The molecule has 4 rings (SSSR count). The van der Waals surface area contributed by atoms with Gasteiger partial charge in [-0.05, 0) is 36.6 Å². The number of rotatable bonds is 3. The maximum absolute atomic E-state index is 12.8. The first-order valence-corrected chi connectivity index (χ1v) is 9.70. The largest absolute Gasteiger partial charge is 0.439 e. The highest BCUT2D eigenvalue weighted by molar-refractivity contribution is 6.30. The fraction of sp³-hybridized carbons (Fsp3) is 0.381. The molecule has 1 aliphatic heterocycles. The van der Waals surface area contributed by atoms with Crippen molar-refractivity contribution in [3.63, 3.8) is 0 Å². The van der Waals surface area contributed by atoms with Crippen LogP contribution in [0.3, 0.4) is 0 Å². The zero-order valence-corrected chi connectivity index (χ0v) is 16.2. The van der Waals surface area contributed by atoms with E-state index < -0.39 is 22.7 Å². The van der Waals surface area contributed by atoms with E-state index in [9.17, 15) is 13.2 Å². The van der Waals surface area contributed by atoms with Crippen molar-refractivity contribution in [1.82, 2.24) is 4.98 Å². The molecule has 1 aliphatic carbocycles. The first-order valence-electron chi connectivity index (χ1n) is 9.32. The van der Waals surface area contributed by atoms with Crippen LogP contribution in [0.15, 0.2) is 42.0 Å². The lowest BCUT2D eigenvalue weighted by Gasteiger charge is -2.32. The van der Waals surface area contributed by atoms with Gasteiger partial charge < -0.3 is 14.2 Å². The predicted octanol–water partition coefficient (Wildman–Crippen LogP) is 6.25.